The van der Waals surface area contributed by atoms with E-state index in [2.05, 4.69) is 70.3 Å². The van der Waals surface area contributed by atoms with Crippen molar-refractivity contribution in [2.75, 3.05) is 4.90 Å². The number of hydrogen-bond acceptors (Lipinski definition) is 3. The van der Waals surface area contributed by atoms with Crippen LogP contribution in [0.3, 0.4) is 0 Å². The van der Waals surface area contributed by atoms with Crippen LogP contribution in [0.25, 0.3) is 0 Å². The van der Waals surface area contributed by atoms with Gasteiger partial charge in [0.05, 0.1) is 12.2 Å². The molecule has 0 unspecified atom stereocenters. The van der Waals surface area contributed by atoms with Gasteiger partial charge in [-0.3, -0.25) is 0 Å². The lowest BCUT2D eigenvalue weighted by molar-refractivity contribution is 0.301. The molecule has 2 aromatic carbocycles. The number of benzene rings is 2. The molecule has 1 aromatic heterocycles. The molecule has 5 rings (SSSR count). The first kappa shape index (κ1) is 16.5. The highest BCUT2D eigenvalue weighted by Gasteiger charge is 2.40. The van der Waals surface area contributed by atoms with Crippen LogP contribution < -0.4 is 4.90 Å². The highest BCUT2D eigenvalue weighted by molar-refractivity contribution is 5.54. The molecule has 1 aliphatic carbocycles. The van der Waals surface area contributed by atoms with Gasteiger partial charge in [0.1, 0.15) is 5.82 Å². The molecule has 3 nitrogen and oxygen atoms in total. The monoisotopic (exact) mass is 355 g/mol. The summed E-state index contributed by atoms with van der Waals surface area (Å²) in [7, 11) is 0. The number of aryl methyl sites for hydroxylation is 2. The fraction of sp³-hybridized carbons (Fsp3) is 0.333. The number of rotatable bonds is 3. The minimum Gasteiger partial charge on any atom is -0.361 e. The van der Waals surface area contributed by atoms with Crippen molar-refractivity contribution < 1.29 is 0 Å². The van der Waals surface area contributed by atoms with E-state index in [0.717, 1.165) is 18.9 Å². The zero-order chi connectivity index (χ0) is 18.4. The van der Waals surface area contributed by atoms with E-state index in [1.165, 1.54) is 52.9 Å². The first-order valence-electron chi connectivity index (χ1n) is 9.88. The van der Waals surface area contributed by atoms with Crippen LogP contribution in [0, 0.1) is 13.8 Å². The SMILES string of the molecule is Cc1ccc(C2(c3ccc(N4Cc5cnc(C)nc5C4)cc3)CCC2)cc1. The van der Waals surface area contributed by atoms with Crippen LogP contribution in [0.5, 0.6) is 0 Å². The van der Waals surface area contributed by atoms with E-state index in [-0.39, 0.29) is 5.41 Å². The van der Waals surface area contributed by atoms with Crippen LogP contribution in [-0.2, 0) is 18.5 Å². The summed E-state index contributed by atoms with van der Waals surface area (Å²) in [6.07, 6.45) is 5.79. The van der Waals surface area contributed by atoms with E-state index in [4.69, 9.17) is 0 Å². The number of hydrogen-bond donors (Lipinski definition) is 0. The minimum absolute atomic E-state index is 0.211. The molecular formula is C24H25N3. The van der Waals surface area contributed by atoms with E-state index in [1.807, 2.05) is 13.1 Å². The van der Waals surface area contributed by atoms with Gasteiger partial charge in [-0.2, -0.15) is 0 Å². The number of nitrogens with zero attached hydrogens (tertiary/aromatic N) is 3. The molecule has 2 heterocycles. The maximum atomic E-state index is 4.60. The Hall–Kier alpha value is -2.68. The van der Waals surface area contributed by atoms with Gasteiger partial charge in [-0.25, -0.2) is 9.97 Å². The van der Waals surface area contributed by atoms with Crippen LogP contribution >= 0.6 is 0 Å². The molecule has 1 saturated carbocycles. The number of fused-ring (bicyclic) bond motifs is 1. The summed E-state index contributed by atoms with van der Waals surface area (Å²) in [6, 6.07) is 18.4. The van der Waals surface area contributed by atoms with Crippen molar-refractivity contribution in [2.45, 2.75) is 51.6 Å². The smallest absolute Gasteiger partial charge is 0.125 e. The van der Waals surface area contributed by atoms with Gasteiger partial charge in [0.2, 0.25) is 0 Å². The first-order valence-corrected chi connectivity index (χ1v) is 9.88. The molecule has 0 spiro atoms. The van der Waals surface area contributed by atoms with Crippen molar-refractivity contribution in [3.8, 4) is 0 Å². The average molecular weight is 355 g/mol. The summed E-state index contributed by atoms with van der Waals surface area (Å²) in [6.45, 7) is 5.89. The van der Waals surface area contributed by atoms with E-state index in [9.17, 15) is 0 Å². The summed E-state index contributed by atoms with van der Waals surface area (Å²) in [4.78, 5) is 11.3. The molecule has 0 saturated heterocycles. The first-order chi connectivity index (χ1) is 13.1. The zero-order valence-electron chi connectivity index (χ0n) is 16.1. The van der Waals surface area contributed by atoms with Gasteiger partial charge in [-0.05, 0) is 49.9 Å². The molecule has 0 N–H and O–H groups in total. The molecule has 2 aliphatic rings. The maximum Gasteiger partial charge on any atom is 0.125 e. The second-order valence-corrected chi connectivity index (χ2v) is 8.09. The lowest BCUT2D eigenvalue weighted by atomic mass is 9.60. The molecule has 27 heavy (non-hydrogen) atoms. The predicted octanol–water partition coefficient (Wildman–Crippen LogP) is 5.08. The van der Waals surface area contributed by atoms with Crippen molar-refractivity contribution in [1.82, 2.24) is 9.97 Å². The Balaban J connectivity index is 1.41. The third kappa shape index (κ3) is 2.73. The largest absolute Gasteiger partial charge is 0.361 e. The molecule has 1 aliphatic heterocycles. The molecule has 0 bridgehead atoms. The molecular weight excluding hydrogens is 330 g/mol. The van der Waals surface area contributed by atoms with Crippen LogP contribution in [0.1, 0.15) is 53.0 Å². The van der Waals surface area contributed by atoms with Crippen molar-refractivity contribution >= 4 is 5.69 Å². The van der Waals surface area contributed by atoms with E-state index >= 15 is 0 Å². The third-order valence-electron chi connectivity index (χ3n) is 6.37. The van der Waals surface area contributed by atoms with Gasteiger partial charge >= 0.3 is 0 Å². The van der Waals surface area contributed by atoms with Crippen LogP contribution in [-0.4, -0.2) is 9.97 Å². The maximum absolute atomic E-state index is 4.60. The number of aromatic nitrogens is 2. The summed E-state index contributed by atoms with van der Waals surface area (Å²) < 4.78 is 0. The van der Waals surface area contributed by atoms with Crippen LogP contribution in [0.15, 0.2) is 54.7 Å². The minimum atomic E-state index is 0.211. The number of anilines is 1. The van der Waals surface area contributed by atoms with Crippen molar-refractivity contribution in [1.29, 1.82) is 0 Å². The second-order valence-electron chi connectivity index (χ2n) is 8.09. The molecule has 1 fully saturated rings. The lowest BCUT2D eigenvalue weighted by Gasteiger charge is -2.43. The van der Waals surface area contributed by atoms with Gasteiger partial charge < -0.3 is 4.90 Å². The highest BCUT2D eigenvalue weighted by atomic mass is 15.2. The van der Waals surface area contributed by atoms with E-state index in [0.29, 0.717) is 0 Å². The summed E-state index contributed by atoms with van der Waals surface area (Å²) in [5.74, 6) is 0.857. The fourth-order valence-corrected chi connectivity index (χ4v) is 4.57. The molecule has 0 radical (unpaired) electrons. The second kappa shape index (κ2) is 6.19. The van der Waals surface area contributed by atoms with Gasteiger partial charge in [0.15, 0.2) is 0 Å². The molecule has 0 amide bonds. The van der Waals surface area contributed by atoms with Crippen molar-refractivity contribution in [3.63, 3.8) is 0 Å². The summed E-state index contributed by atoms with van der Waals surface area (Å²) in [5.41, 5.74) is 8.15. The zero-order valence-corrected chi connectivity index (χ0v) is 16.1. The topological polar surface area (TPSA) is 29.0 Å². The van der Waals surface area contributed by atoms with Crippen molar-refractivity contribution in [2.24, 2.45) is 0 Å². The Labute approximate surface area is 161 Å². The Morgan fingerprint density at radius 2 is 1.52 bits per heavy atom. The normalized spacial score (nSPS) is 17.5. The Bertz CT molecular complexity index is 970. The van der Waals surface area contributed by atoms with Gasteiger partial charge in [0, 0.05) is 29.4 Å². The fourth-order valence-electron chi connectivity index (χ4n) is 4.57. The molecule has 0 atom stereocenters. The summed E-state index contributed by atoms with van der Waals surface area (Å²) >= 11 is 0. The lowest BCUT2D eigenvalue weighted by Crippen LogP contribution is -2.35. The quantitative estimate of drug-likeness (QED) is 0.656. The van der Waals surface area contributed by atoms with Crippen LogP contribution in [0.4, 0.5) is 5.69 Å². The standard InChI is InChI=1S/C24H25N3/c1-17-4-6-20(7-5-17)24(12-3-13-24)21-8-10-22(11-9-21)27-15-19-14-25-18(2)26-23(19)16-27/h4-11,14H,3,12-13,15-16H2,1-2H3. The van der Waals surface area contributed by atoms with Crippen molar-refractivity contribution in [3.05, 3.63) is 88.5 Å². The highest BCUT2D eigenvalue weighted by Crippen LogP contribution is 2.49. The average Bonchev–Trinajstić information content (AvgIpc) is 3.06. The molecule has 3 aromatic rings. The molecule has 3 heteroatoms. The van der Waals surface area contributed by atoms with E-state index in [1.54, 1.807) is 0 Å². The molecule has 136 valence electrons. The Morgan fingerprint density at radius 3 is 2.15 bits per heavy atom. The van der Waals surface area contributed by atoms with Gasteiger partial charge in [-0.1, -0.05) is 48.4 Å². The third-order valence-corrected chi connectivity index (χ3v) is 6.37. The van der Waals surface area contributed by atoms with Gasteiger partial charge in [-0.15, -0.1) is 0 Å². The predicted molar refractivity (Wildman–Crippen MR) is 109 cm³/mol. The Morgan fingerprint density at radius 1 is 0.852 bits per heavy atom. The van der Waals surface area contributed by atoms with Gasteiger partial charge in [0.25, 0.3) is 0 Å². The summed E-state index contributed by atoms with van der Waals surface area (Å²) in [5, 5.41) is 0. The van der Waals surface area contributed by atoms with Crippen LogP contribution in [0.2, 0.25) is 0 Å². The van der Waals surface area contributed by atoms with E-state index < -0.39 is 0 Å². The Kier molecular flexibility index (Phi) is 3.78.